The molecule has 1 aliphatic rings. The van der Waals surface area contributed by atoms with E-state index in [9.17, 15) is 0 Å². The number of hydrogen-bond acceptors (Lipinski definition) is 5. The number of hydrogen-bond donors (Lipinski definition) is 1. The molecule has 0 spiro atoms. The minimum absolute atomic E-state index is 0.226. The van der Waals surface area contributed by atoms with Crippen LogP contribution in [-0.4, -0.2) is 20.4 Å². The van der Waals surface area contributed by atoms with Gasteiger partial charge >= 0.3 is 0 Å². The quantitative estimate of drug-likeness (QED) is 0.868. The summed E-state index contributed by atoms with van der Waals surface area (Å²) < 4.78 is 1.78. The van der Waals surface area contributed by atoms with Crippen LogP contribution in [0.2, 0.25) is 0 Å². The zero-order chi connectivity index (χ0) is 11.8. The van der Waals surface area contributed by atoms with Crippen molar-refractivity contribution >= 4 is 11.8 Å². The van der Waals surface area contributed by atoms with Gasteiger partial charge in [0.1, 0.15) is 11.4 Å². The zero-order valence-corrected chi connectivity index (χ0v) is 10.8. The van der Waals surface area contributed by atoms with Crippen molar-refractivity contribution in [3.63, 3.8) is 0 Å². The van der Waals surface area contributed by atoms with Crippen molar-refractivity contribution in [2.24, 2.45) is 7.05 Å². The molecular formula is C10H16N4OS. The largest absolute Gasteiger partial charge is 0.265 e. The maximum Gasteiger partial charge on any atom is 0.161 e. The Labute approximate surface area is 99.2 Å². The molecule has 0 aliphatic carbocycles. The number of thioether (sulfide) groups is 1. The fourth-order valence-electron chi connectivity index (χ4n) is 1.36. The minimum Gasteiger partial charge on any atom is -0.265 e. The van der Waals surface area contributed by atoms with Crippen LogP contribution in [0.1, 0.15) is 25.5 Å². The predicted octanol–water partition coefficient (Wildman–Crippen LogP) is 1.51. The second-order valence-corrected chi connectivity index (χ2v) is 5.32. The smallest absolute Gasteiger partial charge is 0.161 e. The Morgan fingerprint density at radius 2 is 2.31 bits per heavy atom. The van der Waals surface area contributed by atoms with Gasteiger partial charge in [0.2, 0.25) is 0 Å². The van der Waals surface area contributed by atoms with Crippen LogP contribution in [0, 0.1) is 6.92 Å². The first-order valence-electron chi connectivity index (χ1n) is 5.12. The monoisotopic (exact) mass is 240 g/mol. The highest BCUT2D eigenvalue weighted by Crippen LogP contribution is 2.27. The Hall–Kier alpha value is -1.01. The third kappa shape index (κ3) is 2.56. The molecule has 0 unspecified atom stereocenters. The van der Waals surface area contributed by atoms with Gasteiger partial charge < -0.3 is 0 Å². The SMILES string of the molecule is Cc1nc(CSC2=CC(C)(C)ON2)nn1C. The van der Waals surface area contributed by atoms with E-state index in [1.807, 2.05) is 27.8 Å². The molecular weight excluding hydrogens is 224 g/mol. The van der Waals surface area contributed by atoms with Crippen molar-refractivity contribution in [3.8, 4) is 0 Å². The molecule has 0 atom stereocenters. The summed E-state index contributed by atoms with van der Waals surface area (Å²) in [4.78, 5) is 9.70. The third-order valence-corrected chi connectivity index (χ3v) is 3.19. The van der Waals surface area contributed by atoms with Gasteiger partial charge in [0.15, 0.2) is 5.82 Å². The topological polar surface area (TPSA) is 52.0 Å². The molecule has 2 heterocycles. The van der Waals surface area contributed by atoms with Gasteiger partial charge in [-0.3, -0.25) is 15.0 Å². The van der Waals surface area contributed by atoms with E-state index >= 15 is 0 Å². The van der Waals surface area contributed by atoms with Crippen LogP contribution in [0.15, 0.2) is 11.1 Å². The molecule has 1 aromatic heterocycles. The van der Waals surface area contributed by atoms with Crippen LogP contribution in [0.5, 0.6) is 0 Å². The third-order valence-electron chi connectivity index (χ3n) is 2.27. The van der Waals surface area contributed by atoms with Gasteiger partial charge in [-0.15, -0.1) is 0 Å². The Balaban J connectivity index is 1.93. The van der Waals surface area contributed by atoms with E-state index in [4.69, 9.17) is 4.84 Å². The van der Waals surface area contributed by atoms with Gasteiger partial charge in [-0.25, -0.2) is 4.98 Å². The molecule has 0 saturated carbocycles. The molecule has 5 nitrogen and oxygen atoms in total. The van der Waals surface area contributed by atoms with E-state index in [1.54, 1.807) is 16.4 Å². The second kappa shape index (κ2) is 4.10. The fraction of sp³-hybridized carbons (Fsp3) is 0.600. The summed E-state index contributed by atoms with van der Waals surface area (Å²) in [6, 6.07) is 0. The molecule has 2 rings (SSSR count). The zero-order valence-electron chi connectivity index (χ0n) is 9.94. The number of aryl methyl sites for hydroxylation is 2. The molecule has 6 heteroatoms. The summed E-state index contributed by atoms with van der Waals surface area (Å²) in [5, 5.41) is 5.32. The summed E-state index contributed by atoms with van der Waals surface area (Å²) in [5.41, 5.74) is 2.67. The molecule has 0 saturated heterocycles. The highest BCUT2D eigenvalue weighted by molar-refractivity contribution is 8.02. The number of hydroxylamine groups is 1. The normalized spacial score (nSPS) is 18.4. The van der Waals surface area contributed by atoms with Crippen molar-refractivity contribution in [3.05, 3.63) is 22.8 Å². The standard InChI is InChI=1S/C10H16N4OS/c1-7-11-8(12-14(7)4)6-16-9-5-10(2,3)15-13-9/h5,13H,6H2,1-4H3. The molecule has 1 aliphatic heterocycles. The molecule has 0 fully saturated rings. The van der Waals surface area contributed by atoms with E-state index in [-0.39, 0.29) is 5.60 Å². The molecule has 0 radical (unpaired) electrons. The summed E-state index contributed by atoms with van der Waals surface area (Å²) in [6.07, 6.45) is 2.06. The maximum absolute atomic E-state index is 5.36. The van der Waals surface area contributed by atoms with Gasteiger partial charge in [-0.1, -0.05) is 11.8 Å². The first-order chi connectivity index (χ1) is 7.46. The Bertz CT molecular complexity index is 405. The number of aromatic nitrogens is 3. The molecule has 0 aromatic carbocycles. The average Bonchev–Trinajstić information content (AvgIpc) is 2.68. The van der Waals surface area contributed by atoms with Gasteiger partial charge in [-0.2, -0.15) is 5.10 Å². The maximum atomic E-state index is 5.36. The van der Waals surface area contributed by atoms with E-state index in [1.165, 1.54) is 0 Å². The Kier molecular flexibility index (Phi) is 2.94. The molecule has 88 valence electrons. The number of nitrogens with one attached hydrogen (secondary N) is 1. The molecule has 1 N–H and O–H groups in total. The number of rotatable bonds is 3. The fourth-order valence-corrected chi connectivity index (χ4v) is 2.23. The first-order valence-corrected chi connectivity index (χ1v) is 6.11. The number of nitrogens with zero attached hydrogens (tertiary/aromatic N) is 3. The van der Waals surface area contributed by atoms with Crippen LogP contribution in [0.4, 0.5) is 0 Å². The Morgan fingerprint density at radius 3 is 2.81 bits per heavy atom. The summed E-state index contributed by atoms with van der Waals surface area (Å²) in [6.45, 7) is 5.97. The summed E-state index contributed by atoms with van der Waals surface area (Å²) in [7, 11) is 1.90. The van der Waals surface area contributed by atoms with Gasteiger partial charge in [0.25, 0.3) is 0 Å². The van der Waals surface area contributed by atoms with Crippen LogP contribution in [0.3, 0.4) is 0 Å². The summed E-state index contributed by atoms with van der Waals surface area (Å²) in [5.74, 6) is 2.53. The van der Waals surface area contributed by atoms with Crippen LogP contribution in [0.25, 0.3) is 0 Å². The highest BCUT2D eigenvalue weighted by atomic mass is 32.2. The van der Waals surface area contributed by atoms with Crippen molar-refractivity contribution in [2.45, 2.75) is 32.1 Å². The van der Waals surface area contributed by atoms with Crippen molar-refractivity contribution in [2.75, 3.05) is 0 Å². The predicted molar refractivity (Wildman–Crippen MR) is 63.4 cm³/mol. The van der Waals surface area contributed by atoms with Gasteiger partial charge in [-0.05, 0) is 26.8 Å². The van der Waals surface area contributed by atoms with E-state index in [2.05, 4.69) is 21.6 Å². The van der Waals surface area contributed by atoms with Gasteiger partial charge in [0, 0.05) is 7.05 Å². The Morgan fingerprint density at radius 1 is 1.56 bits per heavy atom. The van der Waals surface area contributed by atoms with E-state index in [0.29, 0.717) is 0 Å². The lowest BCUT2D eigenvalue weighted by atomic mass is 10.1. The average molecular weight is 240 g/mol. The van der Waals surface area contributed by atoms with Crippen molar-refractivity contribution < 1.29 is 4.84 Å². The second-order valence-electron chi connectivity index (χ2n) is 4.30. The van der Waals surface area contributed by atoms with Crippen LogP contribution in [-0.2, 0) is 17.6 Å². The van der Waals surface area contributed by atoms with E-state index in [0.717, 1.165) is 22.4 Å². The summed E-state index contributed by atoms with van der Waals surface area (Å²) >= 11 is 1.65. The lowest BCUT2D eigenvalue weighted by Crippen LogP contribution is -2.20. The van der Waals surface area contributed by atoms with Crippen LogP contribution < -0.4 is 5.48 Å². The highest BCUT2D eigenvalue weighted by Gasteiger charge is 2.24. The molecule has 0 amide bonds. The van der Waals surface area contributed by atoms with Crippen molar-refractivity contribution in [1.29, 1.82) is 0 Å². The lowest BCUT2D eigenvalue weighted by Gasteiger charge is -2.11. The van der Waals surface area contributed by atoms with Crippen molar-refractivity contribution in [1.82, 2.24) is 20.2 Å². The molecule has 16 heavy (non-hydrogen) atoms. The minimum atomic E-state index is -0.226. The lowest BCUT2D eigenvalue weighted by molar-refractivity contribution is -0.0126. The first kappa shape index (κ1) is 11.5. The molecule has 0 bridgehead atoms. The van der Waals surface area contributed by atoms with Crippen LogP contribution >= 0.6 is 11.8 Å². The van der Waals surface area contributed by atoms with E-state index < -0.39 is 0 Å². The van der Waals surface area contributed by atoms with Gasteiger partial charge in [0.05, 0.1) is 10.8 Å². The molecule has 1 aromatic rings.